The Morgan fingerprint density at radius 3 is 0.863 bits per heavy atom. The van der Waals surface area contributed by atoms with Crippen molar-refractivity contribution in [1.82, 2.24) is 0 Å². The van der Waals surface area contributed by atoms with Crippen molar-refractivity contribution < 1.29 is 28.6 Å². The molecule has 0 heterocycles. The number of allylic oxidation sites excluding steroid dienone is 22. The normalized spacial score (nSPS) is 13.1. The van der Waals surface area contributed by atoms with E-state index in [2.05, 4.69) is 154 Å². The minimum absolute atomic E-state index is 0.105. The lowest BCUT2D eigenvalue weighted by atomic mass is 10.1. The maximum Gasteiger partial charge on any atom is 0.306 e. The summed E-state index contributed by atoms with van der Waals surface area (Å²) in [7, 11) is 0. The van der Waals surface area contributed by atoms with Crippen molar-refractivity contribution in [3.63, 3.8) is 0 Å². The average Bonchev–Trinajstić information content (AvgIpc) is 3.39. The van der Waals surface area contributed by atoms with E-state index in [0.717, 1.165) is 135 Å². The number of rotatable bonds is 52. The second kappa shape index (κ2) is 60.1. The summed E-state index contributed by atoms with van der Waals surface area (Å²) in [5.74, 6) is -0.970. The van der Waals surface area contributed by atoms with E-state index in [9.17, 15) is 14.4 Å². The molecule has 73 heavy (non-hydrogen) atoms. The van der Waals surface area contributed by atoms with Crippen molar-refractivity contribution in [3.8, 4) is 0 Å². The minimum Gasteiger partial charge on any atom is -0.462 e. The predicted octanol–water partition coefficient (Wildman–Crippen LogP) is 20.2. The SMILES string of the molecule is CC/C=C\C/C=C\C/C=C\C/C=C\CCCCCCCCCCC(=O)OCC(COC(=O)CCCC/C=C\C/C=C\C/C=C\C/C=C\CC)OC(=O)CCCCCCCC/C=C\C/C=C\C/C=C\CCCCC. The molecular weight excluding hydrogens is 901 g/mol. The zero-order valence-corrected chi connectivity index (χ0v) is 47.1. The Morgan fingerprint density at radius 1 is 0.288 bits per heavy atom. The van der Waals surface area contributed by atoms with Crippen LogP contribution in [-0.2, 0) is 28.6 Å². The number of unbranched alkanes of at least 4 members (excludes halogenated alkanes) is 19. The van der Waals surface area contributed by atoms with Gasteiger partial charge in [-0.2, -0.15) is 0 Å². The van der Waals surface area contributed by atoms with Crippen LogP contribution in [0.2, 0.25) is 0 Å². The topological polar surface area (TPSA) is 78.9 Å². The third kappa shape index (κ3) is 58.3. The molecule has 1 atom stereocenters. The van der Waals surface area contributed by atoms with E-state index in [0.29, 0.717) is 25.7 Å². The van der Waals surface area contributed by atoms with Gasteiger partial charge in [0.1, 0.15) is 13.2 Å². The van der Waals surface area contributed by atoms with Crippen LogP contribution >= 0.6 is 0 Å². The fourth-order valence-electron chi connectivity index (χ4n) is 7.72. The molecule has 0 radical (unpaired) electrons. The Bertz CT molecular complexity index is 1580. The van der Waals surface area contributed by atoms with Gasteiger partial charge in [0, 0.05) is 19.3 Å². The first-order valence-corrected chi connectivity index (χ1v) is 29.7. The summed E-state index contributed by atoms with van der Waals surface area (Å²) < 4.78 is 16.8. The number of carbonyl (C=O) groups excluding carboxylic acids is 3. The molecule has 0 N–H and O–H groups in total. The number of ether oxygens (including phenoxy) is 3. The van der Waals surface area contributed by atoms with Gasteiger partial charge in [0.15, 0.2) is 6.10 Å². The van der Waals surface area contributed by atoms with Crippen LogP contribution in [0, 0.1) is 0 Å². The Balaban J connectivity index is 4.49. The number of hydrogen-bond acceptors (Lipinski definition) is 6. The molecule has 1 unspecified atom stereocenters. The molecule has 0 fully saturated rings. The van der Waals surface area contributed by atoms with Crippen molar-refractivity contribution >= 4 is 17.9 Å². The molecule has 412 valence electrons. The third-order valence-corrected chi connectivity index (χ3v) is 12.1. The van der Waals surface area contributed by atoms with E-state index in [-0.39, 0.29) is 31.1 Å². The van der Waals surface area contributed by atoms with Crippen LogP contribution in [0.1, 0.15) is 252 Å². The van der Waals surface area contributed by atoms with Crippen LogP contribution in [-0.4, -0.2) is 37.2 Å². The van der Waals surface area contributed by atoms with E-state index < -0.39 is 6.10 Å². The molecule has 0 aliphatic carbocycles. The maximum atomic E-state index is 12.9. The van der Waals surface area contributed by atoms with Crippen molar-refractivity contribution in [3.05, 3.63) is 134 Å². The van der Waals surface area contributed by atoms with E-state index >= 15 is 0 Å². The van der Waals surface area contributed by atoms with Gasteiger partial charge in [-0.25, -0.2) is 0 Å². The van der Waals surface area contributed by atoms with Gasteiger partial charge in [-0.15, -0.1) is 0 Å². The molecule has 0 aliphatic rings. The summed E-state index contributed by atoms with van der Waals surface area (Å²) in [4.78, 5) is 38.2. The summed E-state index contributed by atoms with van der Waals surface area (Å²) in [6.07, 6.45) is 84.4. The average molecular weight is 1010 g/mol. The van der Waals surface area contributed by atoms with Crippen molar-refractivity contribution in [2.75, 3.05) is 13.2 Å². The van der Waals surface area contributed by atoms with Gasteiger partial charge >= 0.3 is 17.9 Å². The Morgan fingerprint density at radius 2 is 0.534 bits per heavy atom. The molecule has 6 nitrogen and oxygen atoms in total. The first kappa shape index (κ1) is 68.6. The van der Waals surface area contributed by atoms with E-state index in [4.69, 9.17) is 14.2 Å². The summed E-state index contributed by atoms with van der Waals surface area (Å²) in [6, 6.07) is 0. The summed E-state index contributed by atoms with van der Waals surface area (Å²) in [6.45, 7) is 6.33. The highest BCUT2D eigenvalue weighted by molar-refractivity contribution is 5.71. The van der Waals surface area contributed by atoms with E-state index in [1.807, 2.05) is 0 Å². The quantitative estimate of drug-likeness (QED) is 0.0261. The fraction of sp³-hybridized carbons (Fsp3) is 0.627. The number of hydrogen-bond donors (Lipinski definition) is 0. The summed E-state index contributed by atoms with van der Waals surface area (Å²) in [5.41, 5.74) is 0. The highest BCUT2D eigenvalue weighted by atomic mass is 16.6. The Labute approximate surface area is 449 Å². The molecule has 0 rings (SSSR count). The third-order valence-electron chi connectivity index (χ3n) is 12.1. The monoisotopic (exact) mass is 1010 g/mol. The van der Waals surface area contributed by atoms with Crippen molar-refractivity contribution in [2.24, 2.45) is 0 Å². The second-order valence-electron chi connectivity index (χ2n) is 19.1. The summed E-state index contributed by atoms with van der Waals surface area (Å²) in [5, 5.41) is 0. The Hall–Kier alpha value is -4.45. The van der Waals surface area contributed by atoms with Crippen molar-refractivity contribution in [2.45, 2.75) is 258 Å². The zero-order chi connectivity index (χ0) is 52.9. The highest BCUT2D eigenvalue weighted by Crippen LogP contribution is 2.14. The van der Waals surface area contributed by atoms with Crippen LogP contribution in [0.3, 0.4) is 0 Å². The van der Waals surface area contributed by atoms with E-state index in [1.54, 1.807) is 0 Å². The smallest absolute Gasteiger partial charge is 0.306 e. The maximum absolute atomic E-state index is 12.9. The molecule has 0 aromatic heterocycles. The molecule has 0 aromatic rings. The Kier molecular flexibility index (Phi) is 56.4. The lowest BCUT2D eigenvalue weighted by molar-refractivity contribution is -0.167. The molecule has 0 aliphatic heterocycles. The van der Waals surface area contributed by atoms with E-state index in [1.165, 1.54) is 70.6 Å². The van der Waals surface area contributed by atoms with Gasteiger partial charge in [0.05, 0.1) is 0 Å². The van der Waals surface area contributed by atoms with Gasteiger partial charge in [0.2, 0.25) is 0 Å². The molecule has 0 aromatic carbocycles. The molecule has 0 spiro atoms. The van der Waals surface area contributed by atoms with Crippen LogP contribution in [0.4, 0.5) is 0 Å². The first-order valence-electron chi connectivity index (χ1n) is 29.7. The predicted molar refractivity (Wildman–Crippen MR) is 316 cm³/mol. The lowest BCUT2D eigenvalue weighted by Gasteiger charge is -2.18. The zero-order valence-electron chi connectivity index (χ0n) is 47.1. The molecule has 0 saturated heterocycles. The van der Waals surface area contributed by atoms with Gasteiger partial charge in [-0.3, -0.25) is 14.4 Å². The number of carbonyl (C=O) groups is 3. The first-order chi connectivity index (χ1) is 36.0. The van der Waals surface area contributed by atoms with Crippen molar-refractivity contribution in [1.29, 1.82) is 0 Å². The van der Waals surface area contributed by atoms with Gasteiger partial charge < -0.3 is 14.2 Å². The van der Waals surface area contributed by atoms with Crippen LogP contribution in [0.5, 0.6) is 0 Å². The largest absolute Gasteiger partial charge is 0.462 e. The highest BCUT2D eigenvalue weighted by Gasteiger charge is 2.19. The minimum atomic E-state index is -0.812. The lowest BCUT2D eigenvalue weighted by Crippen LogP contribution is -2.30. The molecule has 0 amide bonds. The molecule has 0 bridgehead atoms. The van der Waals surface area contributed by atoms with Gasteiger partial charge in [-0.1, -0.05) is 231 Å². The fourth-order valence-corrected chi connectivity index (χ4v) is 7.72. The summed E-state index contributed by atoms with van der Waals surface area (Å²) >= 11 is 0. The van der Waals surface area contributed by atoms with Crippen LogP contribution < -0.4 is 0 Å². The second-order valence-corrected chi connectivity index (χ2v) is 19.1. The molecule has 0 saturated carbocycles. The van der Waals surface area contributed by atoms with Crippen LogP contribution in [0.15, 0.2) is 134 Å². The number of esters is 3. The van der Waals surface area contributed by atoms with Gasteiger partial charge in [0.25, 0.3) is 0 Å². The van der Waals surface area contributed by atoms with Crippen LogP contribution in [0.25, 0.3) is 0 Å². The standard InChI is InChI=1S/C67H108O6/c1-4-7-10-13-16-19-22-25-28-30-32-33-35-36-39-42-45-48-51-54-57-60-66(69)72-63-64(62-71-65(68)59-56-53-50-47-44-41-38-27-24-21-18-15-12-9-6-3)73-67(70)61-58-55-52-49-46-43-40-37-34-31-29-26-23-20-17-14-11-8-5-2/h7,9-10,12,16-21,25-29,32-34,37-38,44,47,64H,4-6,8,11,13-15,22-24,30-31,35-36,39-43,45-46,48-63H2,1-3H3/b10-7-,12-9-,19-16-,20-17-,21-18-,28-25-,29-26-,33-32-,37-34-,38-27-,47-44-. The molecular formula is C67H108O6. The molecule has 6 heteroatoms. The van der Waals surface area contributed by atoms with Gasteiger partial charge in [-0.05, 0) is 135 Å².